The van der Waals surface area contributed by atoms with Crippen LogP contribution < -0.4 is 10.6 Å². The summed E-state index contributed by atoms with van der Waals surface area (Å²) in [5.74, 6) is -1.15. The van der Waals surface area contributed by atoms with Gasteiger partial charge in [0.15, 0.2) is 0 Å². The highest BCUT2D eigenvalue weighted by Crippen LogP contribution is 2.33. The molecule has 0 radical (unpaired) electrons. The first kappa shape index (κ1) is 28.4. The summed E-state index contributed by atoms with van der Waals surface area (Å²) >= 11 is 0. The number of aromatic amines is 1. The first-order chi connectivity index (χ1) is 20.0. The molecular weight excluding hydrogens is 549 g/mol. The number of alkyl halides is 3. The zero-order valence-electron chi connectivity index (χ0n) is 23.0. The molecule has 3 aromatic heterocycles. The van der Waals surface area contributed by atoms with Crippen molar-refractivity contribution in [1.29, 1.82) is 0 Å². The lowest BCUT2D eigenvalue weighted by Crippen LogP contribution is -2.17. The molecule has 216 valence electrons. The number of carbonyl (C=O) groups is 2. The molecule has 0 aliphatic carbocycles. The Bertz CT molecular complexity index is 1790. The van der Waals surface area contributed by atoms with E-state index in [1.165, 1.54) is 25.6 Å². The Morgan fingerprint density at radius 2 is 1.81 bits per heavy atom. The summed E-state index contributed by atoms with van der Waals surface area (Å²) in [5, 5.41) is 6.71. The summed E-state index contributed by atoms with van der Waals surface area (Å²) in [6.07, 6.45) is 0.108. The van der Waals surface area contributed by atoms with E-state index in [4.69, 9.17) is 4.74 Å². The lowest BCUT2D eigenvalue weighted by molar-refractivity contribution is -0.138. The number of esters is 1. The number of hydrogen-bond acceptors (Lipinski definition) is 6. The van der Waals surface area contributed by atoms with Crippen LogP contribution in [0.15, 0.2) is 67.3 Å². The number of carbonyl (C=O) groups excluding carboxylic acids is 2. The van der Waals surface area contributed by atoms with Crippen molar-refractivity contribution in [3.05, 3.63) is 106 Å². The second kappa shape index (κ2) is 11.4. The van der Waals surface area contributed by atoms with Gasteiger partial charge >= 0.3 is 12.1 Å². The zero-order chi connectivity index (χ0) is 30.0. The highest BCUT2D eigenvalue weighted by Gasteiger charge is 2.34. The zero-order valence-corrected chi connectivity index (χ0v) is 23.0. The molecule has 0 spiro atoms. The molecule has 0 aliphatic rings. The fourth-order valence-corrected chi connectivity index (χ4v) is 4.55. The molecule has 2 aromatic carbocycles. The molecule has 5 aromatic rings. The second-order valence-electron chi connectivity index (χ2n) is 9.84. The van der Waals surface area contributed by atoms with Gasteiger partial charge in [0.1, 0.15) is 11.3 Å². The molecule has 3 N–H and O–H groups in total. The molecule has 0 saturated carbocycles. The van der Waals surface area contributed by atoms with Crippen LogP contribution in [-0.4, -0.2) is 38.5 Å². The summed E-state index contributed by atoms with van der Waals surface area (Å²) in [7, 11) is 1.30. The number of aromatic nitrogens is 4. The maximum absolute atomic E-state index is 13.9. The highest BCUT2D eigenvalue weighted by molar-refractivity contribution is 6.04. The van der Waals surface area contributed by atoms with Crippen LogP contribution in [0.25, 0.3) is 11.0 Å². The average molecular weight is 577 g/mol. The summed E-state index contributed by atoms with van der Waals surface area (Å²) < 4.78 is 48.0. The van der Waals surface area contributed by atoms with Gasteiger partial charge in [0.05, 0.1) is 36.6 Å². The van der Waals surface area contributed by atoms with Crippen molar-refractivity contribution in [3.63, 3.8) is 0 Å². The predicted molar refractivity (Wildman–Crippen MR) is 151 cm³/mol. The second-order valence-corrected chi connectivity index (χ2v) is 9.84. The van der Waals surface area contributed by atoms with Crippen molar-refractivity contribution in [3.8, 4) is 0 Å². The van der Waals surface area contributed by atoms with Gasteiger partial charge in [0.25, 0.3) is 5.91 Å². The minimum atomic E-state index is -4.64. The fraction of sp³-hybridized carbons (Fsp3) is 0.200. The Morgan fingerprint density at radius 1 is 1.00 bits per heavy atom. The van der Waals surface area contributed by atoms with Crippen molar-refractivity contribution in [2.75, 3.05) is 17.7 Å². The minimum Gasteiger partial charge on any atom is -0.464 e. The van der Waals surface area contributed by atoms with Gasteiger partial charge in [-0.05, 0) is 66.9 Å². The normalized spacial score (nSPS) is 11.5. The van der Waals surface area contributed by atoms with Gasteiger partial charge in [-0.2, -0.15) is 13.2 Å². The maximum atomic E-state index is 13.9. The van der Waals surface area contributed by atoms with E-state index in [-0.39, 0.29) is 17.7 Å². The van der Waals surface area contributed by atoms with Crippen molar-refractivity contribution >= 4 is 34.3 Å². The number of benzene rings is 2. The van der Waals surface area contributed by atoms with Crippen LogP contribution in [0.1, 0.15) is 48.8 Å². The number of rotatable bonds is 8. The van der Waals surface area contributed by atoms with E-state index in [0.29, 0.717) is 35.0 Å². The van der Waals surface area contributed by atoms with E-state index >= 15 is 0 Å². The smallest absolute Gasteiger partial charge is 0.416 e. The summed E-state index contributed by atoms with van der Waals surface area (Å²) in [6, 6.07) is 12.3. The Hall–Kier alpha value is -5.13. The molecule has 9 nitrogen and oxygen atoms in total. The SMILES string of the molecule is COC(=O)c1cc2cc(NCc3cc(NC(=O)c4ccc(Cn5cnc(C)c5)c(C(F)(F)F)c4)ccc3C)cnc2[nH]1. The third kappa shape index (κ3) is 6.27. The number of hydrogen-bond donors (Lipinski definition) is 3. The van der Waals surface area contributed by atoms with Gasteiger partial charge in [0.2, 0.25) is 0 Å². The fourth-order valence-electron chi connectivity index (χ4n) is 4.55. The number of methoxy groups -OCH3 is 1. The topological polar surface area (TPSA) is 114 Å². The van der Waals surface area contributed by atoms with Crippen LogP contribution in [-0.2, 0) is 24.0 Å². The number of aryl methyl sites for hydroxylation is 2. The number of imidazole rings is 1. The van der Waals surface area contributed by atoms with Crippen molar-refractivity contribution < 1.29 is 27.5 Å². The van der Waals surface area contributed by atoms with E-state index in [1.807, 2.05) is 19.1 Å². The summed E-state index contributed by atoms with van der Waals surface area (Å²) in [6.45, 7) is 4.03. The molecule has 3 heterocycles. The summed E-state index contributed by atoms with van der Waals surface area (Å²) in [4.78, 5) is 36.1. The molecule has 42 heavy (non-hydrogen) atoms. The Kier molecular flexibility index (Phi) is 7.70. The first-order valence-corrected chi connectivity index (χ1v) is 12.9. The van der Waals surface area contributed by atoms with E-state index in [1.54, 1.807) is 42.1 Å². The number of nitrogens with zero attached hydrogens (tertiary/aromatic N) is 3. The quantitative estimate of drug-likeness (QED) is 0.193. The largest absolute Gasteiger partial charge is 0.464 e. The Labute approximate surface area is 238 Å². The molecule has 12 heteroatoms. The number of pyridine rings is 1. The molecule has 0 bridgehead atoms. The molecule has 1 amide bonds. The van der Waals surface area contributed by atoms with Gasteiger partial charge in [-0.25, -0.2) is 14.8 Å². The molecule has 0 fully saturated rings. The number of ether oxygens (including phenoxy) is 1. The van der Waals surface area contributed by atoms with Crippen LogP contribution in [0.4, 0.5) is 24.5 Å². The third-order valence-corrected chi connectivity index (χ3v) is 6.76. The number of halogens is 3. The van der Waals surface area contributed by atoms with Crippen molar-refractivity contribution in [2.24, 2.45) is 0 Å². The predicted octanol–water partition coefficient (Wildman–Crippen LogP) is 6.09. The first-order valence-electron chi connectivity index (χ1n) is 12.9. The van der Waals surface area contributed by atoms with Crippen LogP contribution in [0.2, 0.25) is 0 Å². The van der Waals surface area contributed by atoms with Gasteiger partial charge in [-0.1, -0.05) is 12.1 Å². The lowest BCUT2D eigenvalue weighted by atomic mass is 10.0. The Morgan fingerprint density at radius 3 is 2.52 bits per heavy atom. The average Bonchev–Trinajstić information content (AvgIpc) is 3.57. The van der Waals surface area contributed by atoms with E-state index in [2.05, 4.69) is 25.6 Å². The van der Waals surface area contributed by atoms with Gasteiger partial charge in [-0.15, -0.1) is 0 Å². The van der Waals surface area contributed by atoms with E-state index in [9.17, 15) is 22.8 Å². The summed E-state index contributed by atoms with van der Waals surface area (Å²) in [5.41, 5.74) is 3.54. The number of anilines is 2. The van der Waals surface area contributed by atoms with Crippen LogP contribution >= 0.6 is 0 Å². The van der Waals surface area contributed by atoms with Gasteiger partial charge < -0.3 is 24.9 Å². The molecule has 0 saturated heterocycles. The number of fused-ring (bicyclic) bond motifs is 1. The molecule has 5 rings (SSSR count). The highest BCUT2D eigenvalue weighted by atomic mass is 19.4. The molecule has 0 atom stereocenters. The van der Waals surface area contributed by atoms with E-state index < -0.39 is 23.6 Å². The molecule has 0 unspecified atom stereocenters. The van der Waals surface area contributed by atoms with Crippen LogP contribution in [0.5, 0.6) is 0 Å². The third-order valence-electron chi connectivity index (χ3n) is 6.76. The van der Waals surface area contributed by atoms with E-state index in [0.717, 1.165) is 22.6 Å². The van der Waals surface area contributed by atoms with Crippen molar-refractivity contribution in [1.82, 2.24) is 19.5 Å². The Balaban J connectivity index is 1.30. The van der Waals surface area contributed by atoms with Gasteiger partial charge in [-0.3, -0.25) is 4.79 Å². The lowest BCUT2D eigenvalue weighted by Gasteiger charge is -2.16. The van der Waals surface area contributed by atoms with Crippen LogP contribution in [0, 0.1) is 13.8 Å². The molecule has 0 aliphatic heterocycles. The standard InChI is InChI=1S/C30H27F3N6O3/c1-17-4-7-23(9-22(17)12-34-24-8-21-11-26(29(41)42-3)38-27(21)35-13-24)37-28(40)19-5-6-20(25(10-19)30(31,32)33)15-39-14-18(2)36-16-39/h4-11,13-14,16,34H,12,15H2,1-3H3,(H,35,38)(H,37,40). The van der Waals surface area contributed by atoms with Crippen molar-refractivity contribution in [2.45, 2.75) is 33.1 Å². The van der Waals surface area contributed by atoms with Gasteiger partial charge in [0, 0.05) is 35.9 Å². The minimum absolute atomic E-state index is 0.0229. The number of nitrogens with one attached hydrogen (secondary N) is 3. The molecular formula is C30H27F3N6O3. The number of amides is 1. The number of H-pyrrole nitrogens is 1. The maximum Gasteiger partial charge on any atom is 0.416 e. The monoisotopic (exact) mass is 576 g/mol. The van der Waals surface area contributed by atoms with Crippen LogP contribution in [0.3, 0.4) is 0 Å².